The number of aryl methyl sites for hydroxylation is 1. The lowest BCUT2D eigenvalue weighted by molar-refractivity contribution is 0.186. The second-order valence-corrected chi connectivity index (χ2v) is 7.35. The molecule has 0 atom stereocenters. The molecular formula is C22H25BN6O4. The van der Waals surface area contributed by atoms with Gasteiger partial charge in [0.1, 0.15) is 5.82 Å². The number of fused-ring (bicyclic) bond motifs is 1. The summed E-state index contributed by atoms with van der Waals surface area (Å²) in [5.41, 5.74) is 3.76. The number of benzene rings is 2. The Morgan fingerprint density at radius 1 is 1.03 bits per heavy atom. The molecule has 2 aromatic heterocycles. The van der Waals surface area contributed by atoms with Gasteiger partial charge < -0.3 is 24.8 Å². The van der Waals surface area contributed by atoms with Gasteiger partial charge in [-0.3, -0.25) is 0 Å². The molecule has 3 N–H and O–H groups in total. The van der Waals surface area contributed by atoms with E-state index in [4.69, 9.17) is 9.47 Å². The van der Waals surface area contributed by atoms with Gasteiger partial charge in [-0.1, -0.05) is 43.3 Å². The van der Waals surface area contributed by atoms with Crippen molar-refractivity contribution >= 4 is 29.6 Å². The van der Waals surface area contributed by atoms with E-state index in [1.165, 1.54) is 0 Å². The average molecular weight is 448 g/mol. The summed E-state index contributed by atoms with van der Waals surface area (Å²) in [6.45, 7) is 2.78. The lowest BCUT2D eigenvalue weighted by Gasteiger charge is -2.11. The Bertz CT molecular complexity index is 1260. The molecule has 0 radical (unpaired) electrons. The molecule has 0 aliphatic carbocycles. The van der Waals surface area contributed by atoms with Crippen LogP contribution in [0.4, 0.5) is 5.95 Å². The van der Waals surface area contributed by atoms with E-state index in [1.54, 1.807) is 37.0 Å². The number of methoxy groups -OCH3 is 2. The Hall–Kier alpha value is -3.54. The molecule has 0 aliphatic heterocycles. The minimum absolute atomic E-state index is 0.359. The van der Waals surface area contributed by atoms with E-state index in [0.29, 0.717) is 48.8 Å². The second kappa shape index (κ2) is 9.95. The van der Waals surface area contributed by atoms with Crippen LogP contribution in [-0.4, -0.2) is 55.9 Å². The molecule has 0 spiro atoms. The van der Waals surface area contributed by atoms with Crippen molar-refractivity contribution in [2.45, 2.75) is 26.5 Å². The number of imidazole rings is 1. The monoisotopic (exact) mass is 448 g/mol. The molecule has 0 saturated carbocycles. The molecule has 2 heterocycles. The quantitative estimate of drug-likeness (QED) is 0.324. The van der Waals surface area contributed by atoms with Crippen molar-refractivity contribution in [3.05, 3.63) is 59.4 Å². The predicted molar refractivity (Wildman–Crippen MR) is 125 cm³/mol. The van der Waals surface area contributed by atoms with Crippen LogP contribution in [0.3, 0.4) is 0 Å². The van der Waals surface area contributed by atoms with E-state index in [9.17, 15) is 10.0 Å². The Morgan fingerprint density at radius 2 is 1.85 bits per heavy atom. The van der Waals surface area contributed by atoms with Crippen LogP contribution in [0, 0.1) is 0 Å². The van der Waals surface area contributed by atoms with Crippen LogP contribution in [0.5, 0.6) is 6.01 Å². The van der Waals surface area contributed by atoms with Gasteiger partial charge >= 0.3 is 13.1 Å². The first-order valence-corrected chi connectivity index (χ1v) is 10.5. The first-order chi connectivity index (χ1) is 16.0. The molecule has 0 amide bonds. The fourth-order valence-electron chi connectivity index (χ4n) is 3.53. The maximum absolute atomic E-state index is 9.41. The third-order valence-electron chi connectivity index (χ3n) is 5.11. The smallest absolute Gasteiger partial charge is 0.468 e. The summed E-state index contributed by atoms with van der Waals surface area (Å²) in [4.78, 5) is 18.3. The zero-order valence-electron chi connectivity index (χ0n) is 18.7. The first kappa shape index (κ1) is 22.7. The second-order valence-electron chi connectivity index (χ2n) is 7.35. The summed E-state index contributed by atoms with van der Waals surface area (Å²) in [5, 5.41) is 22.0. The molecule has 33 heavy (non-hydrogen) atoms. The number of hydrogen-bond acceptors (Lipinski definition) is 9. The molecule has 10 nitrogen and oxygen atoms in total. The summed E-state index contributed by atoms with van der Waals surface area (Å²) in [7, 11) is 1.67. The van der Waals surface area contributed by atoms with Crippen LogP contribution < -0.4 is 15.5 Å². The first-order valence-electron chi connectivity index (χ1n) is 10.5. The highest BCUT2D eigenvalue weighted by molar-refractivity contribution is 6.58. The van der Waals surface area contributed by atoms with Gasteiger partial charge in [-0.2, -0.15) is 19.9 Å². The van der Waals surface area contributed by atoms with Crippen molar-refractivity contribution in [3.63, 3.8) is 0 Å². The number of rotatable bonds is 9. The Kier molecular flexibility index (Phi) is 6.83. The van der Waals surface area contributed by atoms with Crippen LogP contribution in [-0.2, 0) is 24.3 Å². The number of hydrogen-bond donors (Lipinski definition) is 3. The van der Waals surface area contributed by atoms with Crippen LogP contribution in [0.2, 0.25) is 0 Å². The highest BCUT2D eigenvalue weighted by Gasteiger charge is 2.19. The van der Waals surface area contributed by atoms with Crippen molar-refractivity contribution in [2.75, 3.05) is 19.5 Å². The summed E-state index contributed by atoms with van der Waals surface area (Å²) in [6.07, 6.45) is 0.611. The summed E-state index contributed by atoms with van der Waals surface area (Å²) in [6, 6.07) is 13.2. The number of nitrogens with zero attached hydrogens (tertiary/aromatic N) is 5. The lowest BCUT2D eigenvalue weighted by Crippen LogP contribution is -2.30. The van der Waals surface area contributed by atoms with E-state index in [2.05, 4.69) is 25.3 Å². The molecule has 4 aromatic rings. The zero-order chi connectivity index (χ0) is 23.4. The highest BCUT2D eigenvalue weighted by atomic mass is 16.5. The van der Waals surface area contributed by atoms with Crippen molar-refractivity contribution in [2.24, 2.45) is 0 Å². The summed E-state index contributed by atoms with van der Waals surface area (Å²) >= 11 is 0. The van der Waals surface area contributed by atoms with Gasteiger partial charge in [-0.15, -0.1) is 0 Å². The van der Waals surface area contributed by atoms with Crippen LogP contribution >= 0.6 is 0 Å². The molecule has 170 valence electrons. The number of anilines is 1. The minimum Gasteiger partial charge on any atom is -0.468 e. The normalized spacial score (nSPS) is 11.1. The van der Waals surface area contributed by atoms with E-state index >= 15 is 0 Å². The number of aromatic nitrogens is 5. The minimum atomic E-state index is -1.52. The number of para-hydroxylation sites is 1. The predicted octanol–water partition coefficient (Wildman–Crippen LogP) is 1.22. The standard InChI is InChI=1S/C22H25BN6O4/c1-4-18-25-20(24-12-14-7-5-9-16(11-14)23(30)31)28-21(26-18)29-17-10-6-8-15(13-32-2)19(17)27-22(29)33-3/h5-11,30-31H,4,12-13H2,1-3H3,(H,24,25,26,28). The van der Waals surface area contributed by atoms with Gasteiger partial charge in [0.25, 0.3) is 0 Å². The molecule has 11 heteroatoms. The van der Waals surface area contributed by atoms with Crippen LogP contribution in [0.15, 0.2) is 42.5 Å². The average Bonchev–Trinajstić information content (AvgIpc) is 3.22. The highest BCUT2D eigenvalue weighted by Crippen LogP contribution is 2.27. The maximum atomic E-state index is 9.41. The van der Waals surface area contributed by atoms with E-state index < -0.39 is 7.12 Å². The Morgan fingerprint density at radius 3 is 2.58 bits per heavy atom. The number of ether oxygens (including phenoxy) is 2. The van der Waals surface area contributed by atoms with Gasteiger partial charge in [-0.05, 0) is 17.1 Å². The fraction of sp³-hybridized carbons (Fsp3) is 0.273. The summed E-state index contributed by atoms with van der Waals surface area (Å²) in [5.74, 6) is 1.39. The molecule has 4 rings (SSSR count). The van der Waals surface area contributed by atoms with E-state index in [-0.39, 0.29) is 0 Å². The zero-order valence-corrected chi connectivity index (χ0v) is 18.7. The Balaban J connectivity index is 1.72. The third kappa shape index (κ3) is 4.80. The molecular weight excluding hydrogens is 423 g/mol. The van der Waals surface area contributed by atoms with E-state index in [0.717, 1.165) is 22.2 Å². The van der Waals surface area contributed by atoms with Crippen molar-refractivity contribution < 1.29 is 19.5 Å². The van der Waals surface area contributed by atoms with Gasteiger partial charge in [0, 0.05) is 25.6 Å². The molecule has 0 saturated heterocycles. The lowest BCUT2D eigenvalue weighted by atomic mass is 9.80. The fourth-order valence-corrected chi connectivity index (χ4v) is 3.53. The SMILES string of the molecule is CCc1nc(NCc2cccc(B(O)O)c2)nc(-n2c(OC)nc3c(COC)cccc32)n1. The largest absolute Gasteiger partial charge is 0.488 e. The molecule has 0 fully saturated rings. The van der Waals surface area contributed by atoms with Crippen molar-refractivity contribution in [1.82, 2.24) is 24.5 Å². The molecule has 2 aromatic carbocycles. The van der Waals surface area contributed by atoms with Crippen molar-refractivity contribution in [1.29, 1.82) is 0 Å². The number of nitrogens with one attached hydrogen (secondary N) is 1. The Labute approximate surface area is 191 Å². The molecule has 0 bridgehead atoms. The van der Waals surface area contributed by atoms with Gasteiger partial charge in [0.2, 0.25) is 11.9 Å². The maximum Gasteiger partial charge on any atom is 0.488 e. The summed E-state index contributed by atoms with van der Waals surface area (Å²) < 4.78 is 12.6. The topological polar surface area (TPSA) is 127 Å². The molecule has 0 aliphatic rings. The van der Waals surface area contributed by atoms with Gasteiger partial charge in [0.05, 0.1) is 24.8 Å². The van der Waals surface area contributed by atoms with E-state index in [1.807, 2.05) is 31.2 Å². The van der Waals surface area contributed by atoms with Gasteiger partial charge in [0.15, 0.2) is 0 Å². The van der Waals surface area contributed by atoms with Crippen LogP contribution in [0.25, 0.3) is 17.0 Å². The molecule has 0 unspecified atom stereocenters. The third-order valence-corrected chi connectivity index (χ3v) is 5.11. The van der Waals surface area contributed by atoms with Crippen molar-refractivity contribution in [3.8, 4) is 12.0 Å². The van der Waals surface area contributed by atoms with Crippen LogP contribution in [0.1, 0.15) is 23.9 Å². The van der Waals surface area contributed by atoms with Gasteiger partial charge in [-0.25, -0.2) is 4.57 Å².